The highest BCUT2D eigenvalue weighted by molar-refractivity contribution is 5.69. The molecule has 0 aliphatic carbocycles. The molecule has 0 fully saturated rings. The van der Waals surface area contributed by atoms with Crippen LogP contribution in [0.5, 0.6) is 0 Å². The summed E-state index contributed by atoms with van der Waals surface area (Å²) >= 11 is 0. The largest absolute Gasteiger partial charge is 0.435 e. The molecule has 136 valence electrons. The number of halogens is 1. The Balaban J connectivity index is 3.14. The molecule has 0 aromatic carbocycles. The van der Waals surface area contributed by atoms with E-state index in [1.807, 2.05) is 0 Å². The number of hydrogen-bond acceptors (Lipinski definition) is 3. The van der Waals surface area contributed by atoms with Gasteiger partial charge in [-0.25, -0.2) is 0 Å². The van der Waals surface area contributed by atoms with E-state index in [9.17, 15) is 9.32 Å². The first-order valence-electron chi connectivity index (χ1n) is 9.35. The molecular formula is C19H35FO3. The fourth-order valence-corrected chi connectivity index (χ4v) is 2.50. The molecule has 0 unspecified atom stereocenters. The van der Waals surface area contributed by atoms with Gasteiger partial charge < -0.3 is 4.74 Å². The molecule has 3 nitrogen and oxygen atoms in total. The number of carbonyl (C=O) groups excluding carboxylic acids is 1. The summed E-state index contributed by atoms with van der Waals surface area (Å²) in [6.07, 6.45) is 20.9. The van der Waals surface area contributed by atoms with Crippen molar-refractivity contribution in [2.24, 2.45) is 0 Å². The smallest absolute Gasteiger partial charge is 0.307 e. The normalized spacial score (nSPS) is 11.2. The average molecular weight is 330 g/mol. The second kappa shape index (κ2) is 19.1. The van der Waals surface area contributed by atoms with E-state index in [2.05, 4.69) is 28.8 Å². The predicted molar refractivity (Wildman–Crippen MR) is 92.6 cm³/mol. The lowest BCUT2D eigenvalue weighted by Crippen LogP contribution is -2.05. The summed E-state index contributed by atoms with van der Waals surface area (Å²) in [4.78, 5) is 14.2. The van der Waals surface area contributed by atoms with E-state index in [-0.39, 0.29) is 5.97 Å². The van der Waals surface area contributed by atoms with Crippen molar-refractivity contribution < 1.29 is 19.0 Å². The summed E-state index contributed by atoms with van der Waals surface area (Å²) in [7, 11) is 0. The highest BCUT2D eigenvalue weighted by atomic mass is 19.3. The summed E-state index contributed by atoms with van der Waals surface area (Å²) in [5.41, 5.74) is 0. The maximum absolute atomic E-state index is 11.3. The second-order valence-corrected chi connectivity index (χ2v) is 6.08. The van der Waals surface area contributed by atoms with E-state index in [0.717, 1.165) is 25.7 Å². The van der Waals surface area contributed by atoms with E-state index in [0.29, 0.717) is 6.42 Å². The minimum atomic E-state index is -0.593. The molecule has 0 saturated carbocycles. The van der Waals surface area contributed by atoms with Crippen LogP contribution < -0.4 is 0 Å². The Bertz CT molecular complexity index is 280. The monoisotopic (exact) mass is 330 g/mol. The van der Waals surface area contributed by atoms with Gasteiger partial charge in [0.1, 0.15) is 0 Å². The first kappa shape index (κ1) is 22.1. The average Bonchev–Trinajstić information content (AvgIpc) is 2.56. The number of rotatable bonds is 17. The highest BCUT2D eigenvalue weighted by Gasteiger charge is 2.01. The van der Waals surface area contributed by atoms with Crippen LogP contribution in [-0.4, -0.2) is 12.8 Å². The lowest BCUT2D eigenvalue weighted by Gasteiger charge is -2.01. The Morgan fingerprint density at radius 3 is 1.91 bits per heavy atom. The fourth-order valence-electron chi connectivity index (χ4n) is 2.50. The van der Waals surface area contributed by atoms with Gasteiger partial charge in [0.05, 0.1) is 0 Å². The Kier molecular flexibility index (Phi) is 18.4. The Labute approximate surface area is 141 Å². The third kappa shape index (κ3) is 19.1. The van der Waals surface area contributed by atoms with Crippen LogP contribution in [0.3, 0.4) is 0 Å². The molecule has 0 N–H and O–H groups in total. The molecule has 0 heterocycles. The summed E-state index contributed by atoms with van der Waals surface area (Å²) in [5, 5.41) is 0. The molecule has 0 radical (unpaired) electrons. The fraction of sp³-hybridized carbons (Fsp3) is 0.842. The zero-order valence-corrected chi connectivity index (χ0v) is 14.9. The van der Waals surface area contributed by atoms with Gasteiger partial charge in [0.15, 0.2) is 0 Å². The third-order valence-corrected chi connectivity index (χ3v) is 3.91. The van der Waals surface area contributed by atoms with Crippen LogP contribution in [0, 0.1) is 0 Å². The SMILES string of the molecule is CCCCCCCC/C=C\CCCCCCCC(=O)OCOF. The third-order valence-electron chi connectivity index (χ3n) is 3.91. The van der Waals surface area contributed by atoms with Gasteiger partial charge in [0.25, 0.3) is 0 Å². The van der Waals surface area contributed by atoms with Crippen LogP contribution in [0.1, 0.15) is 96.8 Å². The zero-order chi connectivity index (χ0) is 17.0. The van der Waals surface area contributed by atoms with Gasteiger partial charge in [-0.15, -0.1) is 0 Å². The van der Waals surface area contributed by atoms with Gasteiger partial charge in [-0.1, -0.05) is 70.4 Å². The van der Waals surface area contributed by atoms with E-state index >= 15 is 0 Å². The van der Waals surface area contributed by atoms with Gasteiger partial charge in [0, 0.05) is 6.42 Å². The van der Waals surface area contributed by atoms with Crippen molar-refractivity contribution in [2.75, 3.05) is 6.79 Å². The van der Waals surface area contributed by atoms with Crippen molar-refractivity contribution in [3.05, 3.63) is 12.2 Å². The number of allylic oxidation sites excluding steroid dienone is 2. The molecule has 4 heteroatoms. The van der Waals surface area contributed by atoms with Crippen LogP contribution >= 0.6 is 0 Å². The van der Waals surface area contributed by atoms with E-state index in [1.165, 1.54) is 57.8 Å². The molecule has 23 heavy (non-hydrogen) atoms. The van der Waals surface area contributed by atoms with Crippen LogP contribution in [-0.2, 0) is 14.5 Å². The first-order chi connectivity index (χ1) is 11.3. The van der Waals surface area contributed by atoms with Crippen LogP contribution in [0.15, 0.2) is 12.2 Å². The van der Waals surface area contributed by atoms with Gasteiger partial charge >= 0.3 is 5.97 Å². The van der Waals surface area contributed by atoms with E-state index < -0.39 is 6.79 Å². The first-order valence-corrected chi connectivity index (χ1v) is 9.35. The number of esters is 1. The number of carbonyl (C=O) groups is 1. The molecule has 0 aliphatic heterocycles. The van der Waals surface area contributed by atoms with E-state index in [1.54, 1.807) is 0 Å². The van der Waals surface area contributed by atoms with Crippen molar-refractivity contribution in [2.45, 2.75) is 96.8 Å². The Morgan fingerprint density at radius 1 is 0.826 bits per heavy atom. The lowest BCUT2D eigenvalue weighted by molar-refractivity contribution is -0.213. The molecule has 0 spiro atoms. The number of unbranched alkanes of at least 4 members (excludes halogenated alkanes) is 11. The molecular weight excluding hydrogens is 295 g/mol. The highest BCUT2D eigenvalue weighted by Crippen LogP contribution is 2.10. The van der Waals surface area contributed by atoms with Crippen molar-refractivity contribution in [3.63, 3.8) is 0 Å². The standard InChI is InChI=1S/C19H35FO3/c1-2-3-4-5-6-7-8-9-10-11-12-13-14-15-16-17-19(21)22-18-23-20/h9-10H,2-8,11-18H2,1H3/b10-9-. The summed E-state index contributed by atoms with van der Waals surface area (Å²) in [5.74, 6) is -0.389. The van der Waals surface area contributed by atoms with Gasteiger partial charge in [-0.2, -0.15) is 4.94 Å². The molecule has 0 aliphatic rings. The second-order valence-electron chi connectivity index (χ2n) is 6.08. The summed E-state index contributed by atoms with van der Waals surface area (Å²) in [6.45, 7) is 1.66. The maximum atomic E-state index is 11.3. The van der Waals surface area contributed by atoms with Crippen molar-refractivity contribution in [1.29, 1.82) is 0 Å². The van der Waals surface area contributed by atoms with E-state index in [4.69, 9.17) is 0 Å². The van der Waals surface area contributed by atoms with Crippen LogP contribution in [0.4, 0.5) is 4.53 Å². The zero-order valence-electron chi connectivity index (χ0n) is 14.9. The quantitative estimate of drug-likeness (QED) is 0.133. The molecule has 0 rings (SSSR count). The molecule has 0 saturated heterocycles. The van der Waals surface area contributed by atoms with Gasteiger partial charge in [0.2, 0.25) is 6.79 Å². The number of ether oxygens (including phenoxy) is 1. The van der Waals surface area contributed by atoms with Crippen molar-refractivity contribution >= 4 is 5.97 Å². The Morgan fingerprint density at radius 2 is 1.35 bits per heavy atom. The molecule has 0 aromatic rings. The lowest BCUT2D eigenvalue weighted by atomic mass is 10.1. The van der Waals surface area contributed by atoms with Crippen molar-refractivity contribution in [1.82, 2.24) is 0 Å². The van der Waals surface area contributed by atoms with Gasteiger partial charge in [-0.3, -0.25) is 4.79 Å². The minimum absolute atomic E-state index is 0.349. The molecule has 0 amide bonds. The molecule has 0 bridgehead atoms. The summed E-state index contributed by atoms with van der Waals surface area (Å²) < 4.78 is 15.8. The van der Waals surface area contributed by atoms with Crippen LogP contribution in [0.2, 0.25) is 0 Å². The summed E-state index contributed by atoms with van der Waals surface area (Å²) in [6, 6.07) is 0. The Hall–Kier alpha value is -0.900. The maximum Gasteiger partial charge on any atom is 0.307 e. The number of hydrogen-bond donors (Lipinski definition) is 0. The van der Waals surface area contributed by atoms with Gasteiger partial charge in [-0.05, 0) is 36.6 Å². The van der Waals surface area contributed by atoms with Crippen molar-refractivity contribution in [3.8, 4) is 0 Å². The van der Waals surface area contributed by atoms with Crippen LogP contribution in [0.25, 0.3) is 0 Å². The topological polar surface area (TPSA) is 35.5 Å². The molecule has 0 atom stereocenters. The molecule has 0 aromatic heterocycles. The minimum Gasteiger partial charge on any atom is -0.435 e. The predicted octanol–water partition coefficient (Wildman–Crippen LogP) is 6.43.